The minimum absolute atomic E-state index is 0.311. The van der Waals surface area contributed by atoms with Crippen LogP contribution in [0.15, 0.2) is 29.2 Å². The Balaban J connectivity index is 2.84. The Morgan fingerprint density at radius 1 is 1.10 bits per heavy atom. The van der Waals surface area contributed by atoms with Crippen molar-refractivity contribution in [3.63, 3.8) is 0 Å². The zero-order chi connectivity index (χ0) is 15.2. The van der Waals surface area contributed by atoms with Crippen LogP contribution in [0, 0.1) is 5.92 Å². The number of hydrogen-bond acceptors (Lipinski definition) is 3. The fourth-order valence-corrected chi connectivity index (χ4v) is 2.78. The first-order valence-corrected chi connectivity index (χ1v) is 9.27. The molecule has 0 aliphatic heterocycles. The van der Waals surface area contributed by atoms with E-state index in [1.165, 1.54) is 11.8 Å². The molecule has 0 aliphatic rings. The molecule has 20 heavy (non-hydrogen) atoms. The van der Waals surface area contributed by atoms with E-state index in [1.54, 1.807) is 12.1 Å². The van der Waals surface area contributed by atoms with E-state index in [9.17, 15) is 8.42 Å². The molecule has 1 N–H and O–H groups in total. The molecule has 0 aliphatic carbocycles. The summed E-state index contributed by atoms with van der Waals surface area (Å²) in [5.41, 5.74) is 1.17. The Morgan fingerprint density at radius 2 is 1.70 bits per heavy atom. The molecule has 0 amide bonds. The molecule has 1 rings (SSSR count). The van der Waals surface area contributed by atoms with Crippen LogP contribution in [0.5, 0.6) is 0 Å². The maximum absolute atomic E-state index is 11.5. The second-order valence-corrected chi connectivity index (χ2v) is 7.83. The molecule has 1 aromatic rings. The quantitative estimate of drug-likeness (QED) is 0.798. The maximum Gasteiger partial charge on any atom is 0.175 e. The molecule has 0 radical (unpaired) electrons. The van der Waals surface area contributed by atoms with Crippen LogP contribution in [0.2, 0.25) is 0 Å². The summed E-state index contributed by atoms with van der Waals surface area (Å²) in [6.07, 6.45) is 4.58. The summed E-state index contributed by atoms with van der Waals surface area (Å²) in [5.74, 6) is 0.677. The fraction of sp³-hybridized carbons (Fsp3) is 0.625. The third-order valence-electron chi connectivity index (χ3n) is 3.38. The van der Waals surface area contributed by atoms with E-state index in [0.29, 0.717) is 16.9 Å². The van der Waals surface area contributed by atoms with Crippen molar-refractivity contribution >= 4 is 9.84 Å². The van der Waals surface area contributed by atoms with E-state index in [1.807, 2.05) is 12.1 Å². The van der Waals surface area contributed by atoms with Gasteiger partial charge in [-0.3, -0.25) is 0 Å². The standard InChI is InChI=1S/C16H27NO2S/c1-5-12-17-16(11-6-13(2)3)14-7-9-15(10-8-14)20(4,18)19/h7-10,13,16-17H,5-6,11-12H2,1-4H3. The summed E-state index contributed by atoms with van der Waals surface area (Å²) in [6.45, 7) is 7.59. The minimum atomic E-state index is -3.11. The van der Waals surface area contributed by atoms with Gasteiger partial charge in [-0.25, -0.2) is 8.42 Å². The molecule has 0 spiro atoms. The summed E-state index contributed by atoms with van der Waals surface area (Å²) in [4.78, 5) is 0.388. The molecule has 0 saturated carbocycles. The summed E-state index contributed by atoms with van der Waals surface area (Å²) >= 11 is 0. The molecule has 114 valence electrons. The van der Waals surface area contributed by atoms with Crippen molar-refractivity contribution < 1.29 is 8.42 Å². The Kier molecular flexibility index (Phi) is 6.69. The van der Waals surface area contributed by atoms with E-state index < -0.39 is 9.84 Å². The van der Waals surface area contributed by atoms with E-state index in [4.69, 9.17) is 0 Å². The topological polar surface area (TPSA) is 46.2 Å². The summed E-state index contributed by atoms with van der Waals surface area (Å²) in [6, 6.07) is 7.60. The van der Waals surface area contributed by atoms with Crippen LogP contribution in [-0.4, -0.2) is 21.2 Å². The van der Waals surface area contributed by atoms with Gasteiger partial charge in [0.15, 0.2) is 9.84 Å². The molecule has 4 heteroatoms. The molecule has 0 heterocycles. The van der Waals surface area contributed by atoms with Crippen molar-refractivity contribution in [2.45, 2.75) is 51.0 Å². The van der Waals surface area contributed by atoms with Crippen LogP contribution in [0.4, 0.5) is 0 Å². The van der Waals surface area contributed by atoms with Crippen LogP contribution in [0.25, 0.3) is 0 Å². The van der Waals surface area contributed by atoms with Gasteiger partial charge < -0.3 is 5.32 Å². The lowest BCUT2D eigenvalue weighted by Gasteiger charge is -2.20. The normalized spacial score (nSPS) is 13.7. The van der Waals surface area contributed by atoms with Crippen LogP contribution in [0.1, 0.15) is 51.6 Å². The molecule has 3 nitrogen and oxygen atoms in total. The molecule has 0 saturated heterocycles. The molecule has 1 unspecified atom stereocenters. The summed E-state index contributed by atoms with van der Waals surface area (Å²) in [7, 11) is -3.11. The SMILES string of the molecule is CCCNC(CCC(C)C)c1ccc(S(C)(=O)=O)cc1. The predicted octanol–water partition coefficient (Wildman–Crippen LogP) is 3.57. The van der Waals surface area contributed by atoms with Gasteiger partial charge in [-0.1, -0.05) is 32.9 Å². The Bertz CT molecular complexity index is 492. The second-order valence-electron chi connectivity index (χ2n) is 5.82. The highest BCUT2D eigenvalue weighted by atomic mass is 32.2. The second kappa shape index (κ2) is 7.79. The zero-order valence-electron chi connectivity index (χ0n) is 13.0. The largest absolute Gasteiger partial charge is 0.310 e. The average molecular weight is 297 g/mol. The van der Waals surface area contributed by atoms with E-state index in [2.05, 4.69) is 26.1 Å². The van der Waals surface area contributed by atoms with Crippen molar-refractivity contribution in [3.05, 3.63) is 29.8 Å². The van der Waals surface area contributed by atoms with Crippen molar-refractivity contribution in [2.24, 2.45) is 5.92 Å². The van der Waals surface area contributed by atoms with Crippen molar-refractivity contribution in [3.8, 4) is 0 Å². The van der Waals surface area contributed by atoms with E-state index in [-0.39, 0.29) is 0 Å². The van der Waals surface area contributed by atoms with Crippen LogP contribution in [0.3, 0.4) is 0 Å². The third kappa shape index (κ3) is 5.63. The highest BCUT2D eigenvalue weighted by molar-refractivity contribution is 7.90. The number of nitrogens with one attached hydrogen (secondary N) is 1. The molecule has 1 atom stereocenters. The monoisotopic (exact) mass is 297 g/mol. The highest BCUT2D eigenvalue weighted by Crippen LogP contribution is 2.22. The van der Waals surface area contributed by atoms with Gasteiger partial charge in [0.05, 0.1) is 4.90 Å². The van der Waals surface area contributed by atoms with Gasteiger partial charge in [0.2, 0.25) is 0 Å². The molecular weight excluding hydrogens is 270 g/mol. The van der Waals surface area contributed by atoms with Gasteiger partial charge in [0.25, 0.3) is 0 Å². The maximum atomic E-state index is 11.5. The van der Waals surface area contributed by atoms with Crippen molar-refractivity contribution in [1.29, 1.82) is 0 Å². The number of rotatable bonds is 8. The molecule has 1 aromatic carbocycles. The summed E-state index contributed by atoms with van der Waals surface area (Å²) < 4.78 is 23.0. The highest BCUT2D eigenvalue weighted by Gasteiger charge is 2.13. The Hall–Kier alpha value is -0.870. The van der Waals surface area contributed by atoms with Gasteiger partial charge >= 0.3 is 0 Å². The smallest absolute Gasteiger partial charge is 0.175 e. The first-order chi connectivity index (χ1) is 9.34. The van der Waals surface area contributed by atoms with Gasteiger partial charge in [-0.15, -0.1) is 0 Å². The Labute approximate surface area is 123 Å². The van der Waals surface area contributed by atoms with Gasteiger partial charge in [-0.2, -0.15) is 0 Å². The number of hydrogen-bond donors (Lipinski definition) is 1. The average Bonchev–Trinajstić information content (AvgIpc) is 2.38. The predicted molar refractivity (Wildman–Crippen MR) is 84.7 cm³/mol. The first kappa shape index (κ1) is 17.2. The number of sulfone groups is 1. The molecule has 0 fully saturated rings. The van der Waals surface area contributed by atoms with Gasteiger partial charge in [-0.05, 0) is 49.4 Å². The first-order valence-electron chi connectivity index (χ1n) is 7.38. The van der Waals surface area contributed by atoms with E-state index in [0.717, 1.165) is 25.8 Å². The zero-order valence-corrected chi connectivity index (χ0v) is 13.8. The third-order valence-corrected chi connectivity index (χ3v) is 4.51. The van der Waals surface area contributed by atoms with Crippen molar-refractivity contribution in [2.75, 3.05) is 12.8 Å². The fourth-order valence-electron chi connectivity index (χ4n) is 2.15. The van der Waals surface area contributed by atoms with Gasteiger partial charge in [0.1, 0.15) is 0 Å². The minimum Gasteiger partial charge on any atom is -0.310 e. The molecular formula is C16H27NO2S. The Morgan fingerprint density at radius 3 is 2.15 bits per heavy atom. The summed E-state index contributed by atoms with van der Waals surface area (Å²) in [5, 5.41) is 3.55. The van der Waals surface area contributed by atoms with E-state index >= 15 is 0 Å². The van der Waals surface area contributed by atoms with Crippen LogP contribution >= 0.6 is 0 Å². The lowest BCUT2D eigenvalue weighted by Crippen LogP contribution is -2.22. The lowest BCUT2D eigenvalue weighted by atomic mass is 9.97. The molecule has 0 bridgehead atoms. The lowest BCUT2D eigenvalue weighted by molar-refractivity contribution is 0.440. The van der Waals surface area contributed by atoms with Crippen LogP contribution in [-0.2, 0) is 9.84 Å². The van der Waals surface area contributed by atoms with Crippen molar-refractivity contribution in [1.82, 2.24) is 5.32 Å². The van der Waals surface area contributed by atoms with Crippen LogP contribution < -0.4 is 5.32 Å². The van der Waals surface area contributed by atoms with Gasteiger partial charge in [0, 0.05) is 12.3 Å². The molecule has 0 aromatic heterocycles. The number of benzene rings is 1.